The van der Waals surface area contributed by atoms with Crippen molar-refractivity contribution in [2.24, 2.45) is 0 Å². The molecule has 2 fully saturated rings. The number of hydrogen-bond donors (Lipinski definition) is 0. The first-order valence-corrected chi connectivity index (χ1v) is 12.7. The summed E-state index contributed by atoms with van der Waals surface area (Å²) >= 11 is 16.4. The summed E-state index contributed by atoms with van der Waals surface area (Å²) < 4.78 is 12.0. The highest BCUT2D eigenvalue weighted by Gasteiger charge is 2.37. The SMILES string of the molecule is O=C(CN1C(=O)S/C(=C\c2cc(Br)ccc2OCc2ccc(Cl)cc2Cl)C1=O)N1CCOCC1. The maximum atomic E-state index is 12.9. The number of ether oxygens (including phenoxy) is 2. The van der Waals surface area contributed by atoms with Crippen LogP contribution in [0.4, 0.5) is 4.79 Å². The van der Waals surface area contributed by atoms with E-state index in [1.807, 2.05) is 6.07 Å². The average molecular weight is 586 g/mol. The Morgan fingerprint density at radius 2 is 1.91 bits per heavy atom. The molecule has 2 aliphatic heterocycles. The maximum Gasteiger partial charge on any atom is 0.294 e. The van der Waals surface area contributed by atoms with Gasteiger partial charge in [-0.1, -0.05) is 45.2 Å². The van der Waals surface area contributed by atoms with Crippen LogP contribution in [0.15, 0.2) is 45.8 Å². The maximum absolute atomic E-state index is 12.9. The van der Waals surface area contributed by atoms with Crippen molar-refractivity contribution in [3.8, 4) is 5.75 Å². The van der Waals surface area contributed by atoms with Crippen LogP contribution >= 0.6 is 50.9 Å². The summed E-state index contributed by atoms with van der Waals surface area (Å²) in [5.74, 6) is -0.285. The van der Waals surface area contributed by atoms with Gasteiger partial charge in [-0.2, -0.15) is 0 Å². The first-order valence-electron chi connectivity index (χ1n) is 10.3. The van der Waals surface area contributed by atoms with Gasteiger partial charge >= 0.3 is 0 Å². The zero-order valence-electron chi connectivity index (χ0n) is 17.8. The molecule has 2 aliphatic rings. The molecule has 0 unspecified atom stereocenters. The van der Waals surface area contributed by atoms with E-state index >= 15 is 0 Å². The van der Waals surface area contributed by atoms with Crippen molar-refractivity contribution < 1.29 is 23.9 Å². The quantitative estimate of drug-likeness (QED) is 0.432. The van der Waals surface area contributed by atoms with Crippen molar-refractivity contribution >= 4 is 74.0 Å². The number of benzene rings is 2. The van der Waals surface area contributed by atoms with Crippen LogP contribution in [0.25, 0.3) is 6.08 Å². The van der Waals surface area contributed by atoms with Crippen molar-refractivity contribution in [2.75, 3.05) is 32.8 Å². The fraction of sp³-hybridized carbons (Fsp3) is 0.261. The zero-order valence-corrected chi connectivity index (χ0v) is 21.7. The number of morpholine rings is 1. The molecule has 3 amide bonds. The third kappa shape index (κ3) is 5.95. The van der Waals surface area contributed by atoms with Crippen molar-refractivity contribution in [3.63, 3.8) is 0 Å². The second-order valence-corrected chi connectivity index (χ2v) is 10.2. The number of amides is 3. The minimum atomic E-state index is -0.511. The first kappa shape index (κ1) is 25.1. The molecule has 0 aromatic heterocycles. The summed E-state index contributed by atoms with van der Waals surface area (Å²) in [5, 5.41) is 0.529. The lowest BCUT2D eigenvalue weighted by atomic mass is 10.1. The molecule has 0 saturated carbocycles. The Kier molecular flexibility index (Phi) is 8.21. The molecule has 0 atom stereocenters. The van der Waals surface area contributed by atoms with Gasteiger partial charge in [-0.25, -0.2) is 0 Å². The van der Waals surface area contributed by atoms with Crippen molar-refractivity contribution in [1.82, 2.24) is 9.80 Å². The van der Waals surface area contributed by atoms with Gasteiger partial charge in [0.25, 0.3) is 11.1 Å². The molecule has 2 aromatic rings. The fourth-order valence-corrected chi connectivity index (χ4v) is 5.05. The number of carbonyl (C=O) groups is 3. The van der Waals surface area contributed by atoms with Gasteiger partial charge in [-0.05, 0) is 48.2 Å². The molecule has 7 nitrogen and oxygen atoms in total. The second-order valence-electron chi connectivity index (χ2n) is 7.47. The predicted molar refractivity (Wildman–Crippen MR) is 135 cm³/mol. The number of halogens is 3. The highest BCUT2D eigenvalue weighted by Crippen LogP contribution is 2.35. The van der Waals surface area contributed by atoms with E-state index in [1.165, 1.54) is 0 Å². The van der Waals surface area contributed by atoms with Crippen LogP contribution in [0.5, 0.6) is 5.75 Å². The molecule has 0 spiro atoms. The van der Waals surface area contributed by atoms with E-state index in [1.54, 1.807) is 41.3 Å². The van der Waals surface area contributed by atoms with Gasteiger partial charge in [0.15, 0.2) is 0 Å². The number of nitrogens with zero attached hydrogens (tertiary/aromatic N) is 2. The molecule has 0 radical (unpaired) electrons. The molecular formula is C23H19BrCl2N2O5S. The summed E-state index contributed by atoms with van der Waals surface area (Å²) in [6.45, 7) is 1.68. The van der Waals surface area contributed by atoms with Gasteiger partial charge in [0.1, 0.15) is 18.9 Å². The van der Waals surface area contributed by atoms with E-state index in [4.69, 9.17) is 32.7 Å². The fourth-order valence-electron chi connectivity index (χ4n) is 3.38. The van der Waals surface area contributed by atoms with Gasteiger partial charge in [0.05, 0.1) is 18.1 Å². The van der Waals surface area contributed by atoms with E-state index in [0.29, 0.717) is 47.7 Å². The zero-order chi connectivity index (χ0) is 24.2. The third-order valence-electron chi connectivity index (χ3n) is 5.19. The van der Waals surface area contributed by atoms with E-state index in [0.717, 1.165) is 26.7 Å². The van der Waals surface area contributed by atoms with E-state index < -0.39 is 11.1 Å². The Morgan fingerprint density at radius 3 is 2.65 bits per heavy atom. The number of thioether (sulfide) groups is 1. The highest BCUT2D eigenvalue weighted by molar-refractivity contribution is 9.10. The highest BCUT2D eigenvalue weighted by atomic mass is 79.9. The Bertz CT molecular complexity index is 1170. The molecule has 0 bridgehead atoms. The van der Waals surface area contributed by atoms with Crippen LogP contribution in [0.1, 0.15) is 11.1 Å². The smallest absolute Gasteiger partial charge is 0.294 e. The molecule has 2 aromatic carbocycles. The number of rotatable bonds is 6. The molecule has 4 rings (SSSR count). The largest absolute Gasteiger partial charge is 0.488 e. The summed E-state index contributed by atoms with van der Waals surface area (Å²) in [7, 11) is 0. The lowest BCUT2D eigenvalue weighted by Crippen LogP contribution is -2.46. The minimum Gasteiger partial charge on any atom is -0.488 e. The second kappa shape index (κ2) is 11.1. The molecule has 11 heteroatoms. The summed E-state index contributed by atoms with van der Waals surface area (Å²) in [4.78, 5) is 40.7. The average Bonchev–Trinajstić information content (AvgIpc) is 3.07. The van der Waals surface area contributed by atoms with Crippen LogP contribution in [0.3, 0.4) is 0 Å². The Morgan fingerprint density at radius 1 is 1.15 bits per heavy atom. The van der Waals surface area contributed by atoms with Crippen molar-refractivity contribution in [3.05, 3.63) is 66.9 Å². The van der Waals surface area contributed by atoms with Gasteiger partial charge in [-0.3, -0.25) is 19.3 Å². The van der Waals surface area contributed by atoms with Crippen LogP contribution < -0.4 is 4.74 Å². The van der Waals surface area contributed by atoms with E-state index in [2.05, 4.69) is 15.9 Å². The van der Waals surface area contributed by atoms with Crippen LogP contribution in [0.2, 0.25) is 10.0 Å². The number of hydrogen-bond acceptors (Lipinski definition) is 6. The molecule has 2 heterocycles. The van der Waals surface area contributed by atoms with Gasteiger partial charge in [0.2, 0.25) is 5.91 Å². The van der Waals surface area contributed by atoms with Crippen LogP contribution in [0, 0.1) is 0 Å². The standard InChI is InChI=1S/C23H19BrCl2N2O5S/c24-16-2-4-19(33-13-14-1-3-17(25)11-18(14)26)15(9-16)10-20-22(30)28(23(31)34-20)12-21(29)27-5-7-32-8-6-27/h1-4,9-11H,5-8,12-13H2/b20-10-. The van der Waals surface area contributed by atoms with E-state index in [9.17, 15) is 14.4 Å². The Labute approximate surface area is 219 Å². The molecule has 178 valence electrons. The topological polar surface area (TPSA) is 76.2 Å². The Hall–Kier alpha value is -2.04. The minimum absolute atomic E-state index is 0.188. The number of imide groups is 1. The van der Waals surface area contributed by atoms with Crippen molar-refractivity contribution in [1.29, 1.82) is 0 Å². The van der Waals surface area contributed by atoms with Gasteiger partial charge < -0.3 is 14.4 Å². The Balaban J connectivity index is 1.50. The van der Waals surface area contributed by atoms with Crippen LogP contribution in [-0.2, 0) is 20.9 Å². The molecule has 0 aliphatic carbocycles. The third-order valence-corrected chi connectivity index (χ3v) is 7.18. The van der Waals surface area contributed by atoms with Crippen LogP contribution in [-0.4, -0.2) is 59.7 Å². The molecule has 34 heavy (non-hydrogen) atoms. The summed E-state index contributed by atoms with van der Waals surface area (Å²) in [6, 6.07) is 10.5. The predicted octanol–water partition coefficient (Wildman–Crippen LogP) is 5.23. The molecular weight excluding hydrogens is 567 g/mol. The lowest BCUT2D eigenvalue weighted by molar-refractivity contribution is -0.139. The number of carbonyl (C=O) groups excluding carboxylic acids is 3. The summed E-state index contributed by atoms with van der Waals surface area (Å²) in [5.41, 5.74) is 1.35. The molecule has 2 saturated heterocycles. The lowest BCUT2D eigenvalue weighted by Gasteiger charge is -2.28. The van der Waals surface area contributed by atoms with Gasteiger partial charge in [-0.15, -0.1) is 0 Å². The summed E-state index contributed by atoms with van der Waals surface area (Å²) in [6.07, 6.45) is 1.59. The monoisotopic (exact) mass is 584 g/mol. The van der Waals surface area contributed by atoms with E-state index in [-0.39, 0.29) is 24.0 Å². The normalized spacial score (nSPS) is 17.6. The van der Waals surface area contributed by atoms with Gasteiger partial charge in [0, 0.05) is 38.7 Å². The van der Waals surface area contributed by atoms with Crippen molar-refractivity contribution in [2.45, 2.75) is 6.61 Å². The first-order chi connectivity index (χ1) is 16.3. The molecule has 0 N–H and O–H groups in total.